The lowest BCUT2D eigenvalue weighted by Crippen LogP contribution is -2.56. The van der Waals surface area contributed by atoms with Crippen LogP contribution in [0.5, 0.6) is 17.2 Å². The highest BCUT2D eigenvalue weighted by atomic mass is 16.6. The van der Waals surface area contributed by atoms with E-state index in [9.17, 15) is 48.6 Å². The number of aromatic hydroxyl groups is 2. The van der Waals surface area contributed by atoms with E-state index in [1.165, 1.54) is 0 Å². The second-order valence-electron chi connectivity index (χ2n) is 30.9. The highest BCUT2D eigenvalue weighted by molar-refractivity contribution is 5.94. The summed E-state index contributed by atoms with van der Waals surface area (Å²) in [6, 6.07) is 21.4. The van der Waals surface area contributed by atoms with Crippen LogP contribution < -0.4 is 37.1 Å². The van der Waals surface area contributed by atoms with Crippen molar-refractivity contribution in [3.05, 3.63) is 126 Å². The minimum absolute atomic E-state index is 0.0253. The minimum Gasteiger partial charge on any atom is -0.508 e. The van der Waals surface area contributed by atoms with E-state index in [4.69, 9.17) is 33.2 Å². The molecule has 6 heterocycles. The Morgan fingerprint density at radius 1 is 0.476 bits per heavy atom. The molecule has 570 valence electrons. The molecule has 3 aliphatic rings. The zero-order valence-corrected chi connectivity index (χ0v) is 63.5. The molecule has 9 N–H and O–H groups in total. The van der Waals surface area contributed by atoms with Crippen molar-refractivity contribution < 1.29 is 76.0 Å². The standard InChI is InChI=1S/C33H43N3O6.C26H37N3O6.C21H29N3O4/c1-21(2)29(35-30(37)22(3)34-32(39)42-33(4,5)6)31(38)36-16-10-13-25(36)17-24-20-41-28-15-14-26(18-27(24)28)40-19-23-11-8-7-9-12-23;1-15(2)22(28-23(31)16(3)27-25(33)35-26(4,5)6)24(32)29-11-7-8-18(29)12-17-14-34-21-10-9-19(30)13-20(17)21;1-12(2)19(23-20(26)13(3)22)21(27)24-8-4-5-15(24)9-14-11-28-18-7-6-16(25)10-17(14)18/h7-9,11-12,14-15,18,20-22,25,29H,10,13,16-17,19H2,1-6H3,(H,34,39)(H,35,37);9-10,13-16,18,22,30H,7-8,11-12H2,1-6H3,(H,27,33)(H,28,31);6-7,10-13,15,19,25H,4-5,8-9,22H2,1-3H3,(H,23,26)/t22-,25-,29-;16-,18-,22-;13-,15-,19-/m000/s1. The van der Waals surface area contributed by atoms with Crippen molar-refractivity contribution in [3.63, 3.8) is 0 Å². The lowest BCUT2D eigenvalue weighted by molar-refractivity contribution is -0.139. The number of fused-ring (bicyclic) bond motifs is 3. The highest BCUT2D eigenvalue weighted by Crippen LogP contribution is 2.34. The third-order valence-corrected chi connectivity index (χ3v) is 18.9. The van der Waals surface area contributed by atoms with Gasteiger partial charge in [0.2, 0.25) is 35.4 Å². The first-order chi connectivity index (χ1) is 49.5. The van der Waals surface area contributed by atoms with Gasteiger partial charge in [-0.25, -0.2) is 9.59 Å². The molecule has 8 amide bonds. The maximum atomic E-state index is 13.8. The van der Waals surface area contributed by atoms with E-state index < -0.39 is 71.5 Å². The van der Waals surface area contributed by atoms with Crippen LogP contribution >= 0.6 is 0 Å². The predicted molar refractivity (Wildman–Crippen MR) is 400 cm³/mol. The van der Waals surface area contributed by atoms with Crippen LogP contribution in [0.2, 0.25) is 0 Å². The Morgan fingerprint density at radius 2 is 0.819 bits per heavy atom. The van der Waals surface area contributed by atoms with Crippen LogP contribution in [-0.4, -0.2) is 158 Å². The number of phenolic OH excluding ortho intramolecular Hbond substituents is 2. The quantitative estimate of drug-likeness (QED) is 0.0295. The van der Waals surface area contributed by atoms with Gasteiger partial charge in [0.1, 0.15) is 82.0 Å². The molecule has 0 aliphatic carbocycles. The fourth-order valence-electron chi connectivity index (χ4n) is 13.3. The number of ether oxygens (including phenoxy) is 3. The monoisotopic (exact) mass is 1450 g/mol. The summed E-state index contributed by atoms with van der Waals surface area (Å²) in [6.07, 6.45) is 10.9. The van der Waals surface area contributed by atoms with Gasteiger partial charge < -0.3 is 84.7 Å². The summed E-state index contributed by atoms with van der Waals surface area (Å²) in [7, 11) is 0. The molecule has 105 heavy (non-hydrogen) atoms. The maximum Gasteiger partial charge on any atom is 0.408 e. The molecule has 9 atom stereocenters. The molecule has 25 nitrogen and oxygen atoms in total. The van der Waals surface area contributed by atoms with Gasteiger partial charge in [0.05, 0.1) is 24.8 Å². The van der Waals surface area contributed by atoms with E-state index in [0.717, 1.165) is 88.3 Å². The zero-order chi connectivity index (χ0) is 76.8. The van der Waals surface area contributed by atoms with Gasteiger partial charge in [-0.15, -0.1) is 0 Å². The van der Waals surface area contributed by atoms with Gasteiger partial charge in [-0.3, -0.25) is 28.8 Å². The van der Waals surface area contributed by atoms with Crippen molar-refractivity contribution in [2.45, 2.75) is 234 Å². The summed E-state index contributed by atoms with van der Waals surface area (Å²) in [6.45, 7) is 29.0. The zero-order valence-electron chi connectivity index (χ0n) is 63.5. The van der Waals surface area contributed by atoms with Crippen LogP contribution in [0.4, 0.5) is 9.59 Å². The van der Waals surface area contributed by atoms with Gasteiger partial charge >= 0.3 is 12.2 Å². The van der Waals surface area contributed by atoms with Crippen LogP contribution in [0.3, 0.4) is 0 Å². The Bertz CT molecular complexity index is 4130. The Morgan fingerprint density at radius 3 is 1.16 bits per heavy atom. The lowest BCUT2D eigenvalue weighted by atomic mass is 9.99. The van der Waals surface area contributed by atoms with Gasteiger partial charge in [0, 0.05) is 70.6 Å². The number of carbonyl (C=O) groups excluding carboxylic acids is 8. The number of phenols is 2. The van der Waals surface area contributed by atoms with Crippen LogP contribution in [0.1, 0.15) is 165 Å². The summed E-state index contributed by atoms with van der Waals surface area (Å²) in [5.41, 5.74) is 10.5. The Labute approximate surface area is 615 Å². The first kappa shape index (κ1) is 80.9. The van der Waals surface area contributed by atoms with Crippen molar-refractivity contribution in [3.8, 4) is 17.2 Å². The molecule has 0 saturated carbocycles. The van der Waals surface area contributed by atoms with Gasteiger partial charge in [-0.2, -0.15) is 0 Å². The van der Waals surface area contributed by atoms with E-state index >= 15 is 0 Å². The van der Waals surface area contributed by atoms with Crippen LogP contribution in [-0.2, 0) is 64.1 Å². The summed E-state index contributed by atoms with van der Waals surface area (Å²) >= 11 is 0. The molecular formula is C80H109N9O16. The van der Waals surface area contributed by atoms with E-state index in [2.05, 4.69) is 26.6 Å². The normalized spacial score (nSPS) is 17.8. The van der Waals surface area contributed by atoms with Gasteiger partial charge in [0.25, 0.3) is 0 Å². The molecule has 25 heteroatoms. The molecule has 0 spiro atoms. The molecule has 10 rings (SSSR count). The third-order valence-electron chi connectivity index (χ3n) is 18.9. The SMILES string of the molecule is CC(C)[C@H](NC(=O)[C@H](C)N)C(=O)N1CCC[C@H]1Cc1coc2ccc(O)cc12.CC(C)[C@H](NC(=O)[C@H](C)NC(=O)OC(C)(C)C)C(=O)N1CCC[C@H]1Cc1coc2ccc(O)cc12.CC(C)[C@H](NC(=O)[C@H](C)NC(=O)OC(C)(C)C)C(=O)N1CCC[C@H]1Cc1coc2ccc(OCc3ccccc3)cc12. The third kappa shape index (κ3) is 22.4. The largest absolute Gasteiger partial charge is 0.508 e. The van der Waals surface area contributed by atoms with Crippen LogP contribution in [0.15, 0.2) is 117 Å². The van der Waals surface area contributed by atoms with E-state index in [1.807, 2.05) is 105 Å². The highest BCUT2D eigenvalue weighted by Gasteiger charge is 2.40. The number of alkyl carbamates (subject to hydrolysis) is 2. The summed E-state index contributed by atoms with van der Waals surface area (Å²) < 4.78 is 33.6. The molecule has 3 fully saturated rings. The summed E-state index contributed by atoms with van der Waals surface area (Å²) in [4.78, 5) is 108. The number of likely N-dealkylation sites (tertiary alicyclic amines) is 3. The van der Waals surface area contributed by atoms with Gasteiger partial charge in [-0.1, -0.05) is 71.9 Å². The first-order valence-electron chi connectivity index (χ1n) is 36.7. The summed E-state index contributed by atoms with van der Waals surface area (Å²) in [5.74, 6) is -0.759. The smallest absolute Gasteiger partial charge is 0.408 e. The number of furan rings is 3. The number of hydrogen-bond donors (Lipinski definition) is 8. The second-order valence-corrected chi connectivity index (χ2v) is 30.9. The average Bonchev–Trinajstić information content (AvgIpc) is 1.70. The fraction of sp³-hybridized carbons (Fsp3) is 0.525. The van der Waals surface area contributed by atoms with Crippen molar-refractivity contribution in [1.29, 1.82) is 0 Å². The van der Waals surface area contributed by atoms with Gasteiger partial charge in [-0.05, 0) is 198 Å². The molecule has 0 bridgehead atoms. The first-order valence-corrected chi connectivity index (χ1v) is 36.7. The van der Waals surface area contributed by atoms with E-state index in [-0.39, 0.29) is 71.0 Å². The Balaban J connectivity index is 0.000000203. The maximum absolute atomic E-state index is 13.8. The number of benzene rings is 4. The number of nitrogens with two attached hydrogens (primary N) is 1. The number of nitrogens with one attached hydrogen (secondary N) is 5. The number of nitrogens with zero attached hydrogens (tertiary/aromatic N) is 3. The molecule has 7 aromatic rings. The fourth-order valence-corrected chi connectivity index (χ4v) is 13.3. The Hall–Kier alpha value is -9.78. The summed E-state index contributed by atoms with van der Waals surface area (Å²) in [5, 5.41) is 35.9. The lowest BCUT2D eigenvalue weighted by Gasteiger charge is -2.31. The van der Waals surface area contributed by atoms with Crippen LogP contribution in [0.25, 0.3) is 32.9 Å². The number of hydrogen-bond acceptors (Lipinski definition) is 17. The second kappa shape index (κ2) is 35.8. The van der Waals surface area contributed by atoms with Gasteiger partial charge in [0.15, 0.2) is 0 Å². The average molecular weight is 1450 g/mol. The molecule has 4 aromatic carbocycles. The topological polar surface area (TPSA) is 340 Å². The number of amides is 8. The molecule has 0 radical (unpaired) electrons. The predicted octanol–water partition coefficient (Wildman–Crippen LogP) is 11.5. The number of carbonyl (C=O) groups is 8. The molecule has 3 saturated heterocycles. The van der Waals surface area contributed by atoms with E-state index in [1.54, 1.807) is 118 Å². The van der Waals surface area contributed by atoms with E-state index in [0.29, 0.717) is 56.7 Å². The van der Waals surface area contributed by atoms with Crippen molar-refractivity contribution >= 4 is 80.5 Å². The number of rotatable bonds is 23. The van der Waals surface area contributed by atoms with Crippen molar-refractivity contribution in [1.82, 2.24) is 41.3 Å². The Kier molecular flexibility index (Phi) is 27.6. The molecule has 0 unspecified atom stereocenters. The van der Waals surface area contributed by atoms with Crippen molar-refractivity contribution in [2.24, 2.45) is 23.5 Å². The molecule has 3 aromatic heterocycles. The van der Waals surface area contributed by atoms with Crippen LogP contribution in [0, 0.1) is 17.8 Å². The molecular weight excluding hydrogens is 1340 g/mol. The van der Waals surface area contributed by atoms with Crippen molar-refractivity contribution in [2.75, 3.05) is 19.6 Å². The molecule has 3 aliphatic heterocycles. The minimum atomic E-state index is -0.863.